The minimum atomic E-state index is 0.183. The Kier molecular flexibility index (Phi) is 4.08. The molecule has 2 nitrogen and oxygen atoms in total. The zero-order chi connectivity index (χ0) is 13.2. The van der Waals surface area contributed by atoms with Gasteiger partial charge in [-0.15, -0.1) is 0 Å². The van der Waals surface area contributed by atoms with Gasteiger partial charge < -0.3 is 4.90 Å². The number of hydrogen-bond acceptors (Lipinski definition) is 2. The molecule has 98 valence electrons. The number of Topliss-reactive ketones (excluding diaryl/α,β-unsaturated/α-hetero) is 1. The van der Waals surface area contributed by atoms with Crippen LogP contribution in [0.5, 0.6) is 0 Å². The van der Waals surface area contributed by atoms with Crippen LogP contribution in [0.1, 0.15) is 37.0 Å². The van der Waals surface area contributed by atoms with E-state index in [1.54, 1.807) is 12.1 Å². The van der Waals surface area contributed by atoms with Gasteiger partial charge in [0.15, 0.2) is 5.78 Å². The molecule has 0 amide bonds. The Bertz CT molecular complexity index is 442. The van der Waals surface area contributed by atoms with Gasteiger partial charge >= 0.3 is 0 Å². The van der Waals surface area contributed by atoms with Crippen LogP contribution >= 0.6 is 11.6 Å². The molecule has 1 heterocycles. The summed E-state index contributed by atoms with van der Waals surface area (Å²) in [6, 6.07) is 7.20. The van der Waals surface area contributed by atoms with Crippen LogP contribution in [0.4, 0.5) is 0 Å². The number of ketones is 1. The SMILES string of the molecule is CC1(C)CCN(CCC(=O)c2cccc(Cl)c2)C1. The minimum absolute atomic E-state index is 0.183. The quantitative estimate of drug-likeness (QED) is 0.775. The zero-order valence-corrected chi connectivity index (χ0v) is 11.8. The van der Waals surface area contributed by atoms with Crippen LogP contribution in [-0.2, 0) is 0 Å². The molecule has 0 spiro atoms. The van der Waals surface area contributed by atoms with Crippen LogP contribution in [0.3, 0.4) is 0 Å². The zero-order valence-electron chi connectivity index (χ0n) is 11.1. The maximum Gasteiger partial charge on any atom is 0.164 e. The largest absolute Gasteiger partial charge is 0.302 e. The first kappa shape index (κ1) is 13.6. The molecule has 0 bridgehead atoms. The molecule has 0 N–H and O–H groups in total. The van der Waals surface area contributed by atoms with E-state index in [1.165, 1.54) is 6.42 Å². The summed E-state index contributed by atoms with van der Waals surface area (Å²) in [7, 11) is 0. The topological polar surface area (TPSA) is 20.3 Å². The summed E-state index contributed by atoms with van der Waals surface area (Å²) in [5.41, 5.74) is 1.12. The molecule has 0 saturated carbocycles. The molecule has 1 fully saturated rings. The minimum Gasteiger partial charge on any atom is -0.302 e. The van der Waals surface area contributed by atoms with Crippen LogP contribution in [0.15, 0.2) is 24.3 Å². The molecule has 1 saturated heterocycles. The highest BCUT2D eigenvalue weighted by Crippen LogP contribution is 2.28. The fraction of sp³-hybridized carbons (Fsp3) is 0.533. The summed E-state index contributed by atoms with van der Waals surface area (Å²) in [6.45, 7) is 7.62. The van der Waals surface area contributed by atoms with Gasteiger partial charge in [-0.1, -0.05) is 37.6 Å². The first-order chi connectivity index (χ1) is 8.46. The van der Waals surface area contributed by atoms with Gasteiger partial charge in [-0.3, -0.25) is 4.79 Å². The monoisotopic (exact) mass is 265 g/mol. The molecule has 1 aliphatic rings. The van der Waals surface area contributed by atoms with E-state index in [-0.39, 0.29) is 5.78 Å². The average Bonchev–Trinajstić information content (AvgIpc) is 2.66. The lowest BCUT2D eigenvalue weighted by atomic mass is 9.93. The summed E-state index contributed by atoms with van der Waals surface area (Å²) < 4.78 is 0. The number of carbonyl (C=O) groups is 1. The molecule has 0 unspecified atom stereocenters. The summed E-state index contributed by atoms with van der Waals surface area (Å²) >= 11 is 5.89. The number of hydrogen-bond donors (Lipinski definition) is 0. The molecule has 0 radical (unpaired) electrons. The van der Waals surface area contributed by atoms with Crippen LogP contribution in [-0.4, -0.2) is 30.3 Å². The molecule has 2 rings (SSSR count). The first-order valence-corrected chi connectivity index (χ1v) is 6.85. The van der Waals surface area contributed by atoms with E-state index in [1.807, 2.05) is 12.1 Å². The Morgan fingerprint density at radius 2 is 2.22 bits per heavy atom. The third kappa shape index (κ3) is 3.56. The average molecular weight is 266 g/mol. The lowest BCUT2D eigenvalue weighted by molar-refractivity contribution is 0.0967. The lowest BCUT2D eigenvalue weighted by Gasteiger charge is -2.19. The summed E-state index contributed by atoms with van der Waals surface area (Å²) in [4.78, 5) is 14.4. The van der Waals surface area contributed by atoms with E-state index in [4.69, 9.17) is 11.6 Å². The van der Waals surface area contributed by atoms with Crippen LogP contribution < -0.4 is 0 Å². The van der Waals surface area contributed by atoms with Gasteiger partial charge in [0, 0.05) is 30.1 Å². The molecule has 1 aliphatic heterocycles. The van der Waals surface area contributed by atoms with E-state index < -0.39 is 0 Å². The van der Waals surface area contributed by atoms with Gasteiger partial charge in [-0.2, -0.15) is 0 Å². The number of benzene rings is 1. The number of carbonyl (C=O) groups excluding carboxylic acids is 1. The van der Waals surface area contributed by atoms with Gasteiger partial charge in [-0.25, -0.2) is 0 Å². The van der Waals surface area contributed by atoms with E-state index in [0.29, 0.717) is 16.9 Å². The fourth-order valence-corrected chi connectivity index (χ4v) is 2.67. The van der Waals surface area contributed by atoms with Crippen molar-refractivity contribution >= 4 is 17.4 Å². The van der Waals surface area contributed by atoms with Crippen molar-refractivity contribution in [3.05, 3.63) is 34.9 Å². The smallest absolute Gasteiger partial charge is 0.164 e. The van der Waals surface area contributed by atoms with Crippen molar-refractivity contribution in [2.24, 2.45) is 5.41 Å². The maximum atomic E-state index is 12.0. The Balaban J connectivity index is 1.86. The van der Waals surface area contributed by atoms with E-state index in [2.05, 4.69) is 18.7 Å². The van der Waals surface area contributed by atoms with E-state index in [9.17, 15) is 4.79 Å². The predicted octanol–water partition coefficient (Wildman–Crippen LogP) is 3.64. The molecule has 18 heavy (non-hydrogen) atoms. The van der Waals surface area contributed by atoms with Crippen molar-refractivity contribution in [1.29, 1.82) is 0 Å². The molecule has 0 atom stereocenters. The van der Waals surface area contributed by atoms with Crippen molar-refractivity contribution in [3.63, 3.8) is 0 Å². The Labute approximate surface area is 114 Å². The molecular weight excluding hydrogens is 246 g/mol. The van der Waals surface area contributed by atoms with Gasteiger partial charge in [-0.05, 0) is 30.5 Å². The number of rotatable bonds is 4. The van der Waals surface area contributed by atoms with Crippen LogP contribution in [0.25, 0.3) is 0 Å². The lowest BCUT2D eigenvalue weighted by Crippen LogP contribution is -2.26. The number of likely N-dealkylation sites (tertiary alicyclic amines) is 1. The Hall–Kier alpha value is -0.860. The highest BCUT2D eigenvalue weighted by molar-refractivity contribution is 6.31. The van der Waals surface area contributed by atoms with Crippen LogP contribution in [0, 0.1) is 5.41 Å². The Morgan fingerprint density at radius 1 is 1.44 bits per heavy atom. The van der Waals surface area contributed by atoms with Gasteiger partial charge in [0.1, 0.15) is 0 Å². The van der Waals surface area contributed by atoms with Gasteiger partial charge in [0.25, 0.3) is 0 Å². The number of nitrogens with zero attached hydrogens (tertiary/aromatic N) is 1. The third-order valence-electron chi connectivity index (χ3n) is 3.56. The summed E-state index contributed by atoms with van der Waals surface area (Å²) in [6.07, 6.45) is 1.80. The molecule has 0 aromatic heterocycles. The van der Waals surface area contributed by atoms with Crippen molar-refractivity contribution in [2.75, 3.05) is 19.6 Å². The molecular formula is C15H20ClNO. The highest BCUT2D eigenvalue weighted by Gasteiger charge is 2.28. The number of halogens is 1. The molecule has 3 heteroatoms. The summed E-state index contributed by atoms with van der Waals surface area (Å²) in [5.74, 6) is 0.183. The van der Waals surface area contributed by atoms with Gasteiger partial charge in [0.05, 0.1) is 0 Å². The third-order valence-corrected chi connectivity index (χ3v) is 3.79. The van der Waals surface area contributed by atoms with E-state index >= 15 is 0 Å². The molecule has 0 aliphatic carbocycles. The van der Waals surface area contributed by atoms with Gasteiger partial charge in [0.2, 0.25) is 0 Å². The predicted molar refractivity (Wildman–Crippen MR) is 75.2 cm³/mol. The second-order valence-corrected chi connectivity index (χ2v) is 6.31. The normalized spacial score (nSPS) is 19.1. The van der Waals surface area contributed by atoms with E-state index in [0.717, 1.165) is 25.2 Å². The molecule has 1 aromatic carbocycles. The van der Waals surface area contributed by atoms with Crippen molar-refractivity contribution < 1.29 is 4.79 Å². The second kappa shape index (κ2) is 5.41. The second-order valence-electron chi connectivity index (χ2n) is 5.87. The van der Waals surface area contributed by atoms with Crippen molar-refractivity contribution in [3.8, 4) is 0 Å². The first-order valence-electron chi connectivity index (χ1n) is 6.47. The van der Waals surface area contributed by atoms with Crippen molar-refractivity contribution in [1.82, 2.24) is 4.90 Å². The standard InChI is InChI=1S/C15H20ClNO/c1-15(2)7-9-17(11-15)8-6-14(18)12-4-3-5-13(16)10-12/h3-5,10H,6-9,11H2,1-2H3. The molecule has 1 aromatic rings. The Morgan fingerprint density at radius 3 is 2.83 bits per heavy atom. The highest BCUT2D eigenvalue weighted by atomic mass is 35.5. The maximum absolute atomic E-state index is 12.0. The fourth-order valence-electron chi connectivity index (χ4n) is 2.48. The van der Waals surface area contributed by atoms with Crippen LogP contribution in [0.2, 0.25) is 5.02 Å². The van der Waals surface area contributed by atoms with Crippen molar-refractivity contribution in [2.45, 2.75) is 26.7 Å². The summed E-state index contributed by atoms with van der Waals surface area (Å²) in [5, 5.41) is 0.628.